The molecule has 0 bridgehead atoms. The Balaban J connectivity index is 2.01. The zero-order chi connectivity index (χ0) is 12.5. The molecule has 6 heteroatoms. The molecule has 2 heterocycles. The summed E-state index contributed by atoms with van der Waals surface area (Å²) >= 11 is 0. The molecular formula is C11H20N2O3S. The lowest BCUT2D eigenvalue weighted by Crippen LogP contribution is -2.60. The minimum absolute atomic E-state index is 0.0411. The van der Waals surface area contributed by atoms with Crippen molar-refractivity contribution >= 4 is 15.7 Å². The van der Waals surface area contributed by atoms with Gasteiger partial charge in [0.2, 0.25) is 5.91 Å². The molecule has 0 saturated carbocycles. The summed E-state index contributed by atoms with van der Waals surface area (Å²) in [6.45, 7) is 4.45. The van der Waals surface area contributed by atoms with Crippen LogP contribution < -0.4 is 5.32 Å². The molecule has 1 unspecified atom stereocenters. The fraction of sp³-hybridized carbons (Fsp3) is 0.909. The maximum Gasteiger partial charge on any atom is 0.227 e. The normalized spacial score (nSPS) is 27.7. The monoisotopic (exact) mass is 260 g/mol. The molecule has 2 aliphatic heterocycles. The number of sulfone groups is 1. The van der Waals surface area contributed by atoms with E-state index in [1.165, 1.54) is 0 Å². The number of hydrogen-bond acceptors (Lipinski definition) is 4. The van der Waals surface area contributed by atoms with Crippen LogP contribution in [0.4, 0.5) is 0 Å². The Hall–Kier alpha value is -0.620. The first-order chi connectivity index (χ1) is 8.03. The molecule has 5 nitrogen and oxygen atoms in total. The van der Waals surface area contributed by atoms with Gasteiger partial charge in [0, 0.05) is 19.6 Å². The van der Waals surface area contributed by atoms with Gasteiger partial charge in [0.25, 0.3) is 0 Å². The van der Waals surface area contributed by atoms with Crippen LogP contribution in [-0.4, -0.2) is 56.4 Å². The van der Waals surface area contributed by atoms with Gasteiger partial charge >= 0.3 is 0 Å². The predicted octanol–water partition coefficient (Wildman–Crippen LogP) is -0.368. The van der Waals surface area contributed by atoms with Crippen molar-refractivity contribution in [3.05, 3.63) is 0 Å². The molecule has 0 aliphatic carbocycles. The average molecular weight is 260 g/mol. The zero-order valence-electron chi connectivity index (χ0n) is 10.2. The predicted molar refractivity (Wildman–Crippen MR) is 65.4 cm³/mol. The standard InChI is InChI=1S/C11H20N2O3S/c1-2-4-13(10-6-12-7-10)11(14)9-3-5-17(15,16)8-9/h9-10,12H,2-8H2,1H3. The van der Waals surface area contributed by atoms with Gasteiger partial charge in [-0.3, -0.25) is 4.79 Å². The van der Waals surface area contributed by atoms with E-state index in [0.29, 0.717) is 6.42 Å². The smallest absolute Gasteiger partial charge is 0.227 e. The van der Waals surface area contributed by atoms with Crippen LogP contribution in [0, 0.1) is 5.92 Å². The van der Waals surface area contributed by atoms with Crippen molar-refractivity contribution in [3.63, 3.8) is 0 Å². The number of nitrogens with zero attached hydrogens (tertiary/aromatic N) is 1. The van der Waals surface area contributed by atoms with Gasteiger partial charge < -0.3 is 10.2 Å². The largest absolute Gasteiger partial charge is 0.337 e. The molecule has 2 fully saturated rings. The van der Waals surface area contributed by atoms with Gasteiger partial charge in [-0.25, -0.2) is 8.42 Å². The molecule has 1 atom stereocenters. The van der Waals surface area contributed by atoms with Crippen molar-refractivity contribution in [2.75, 3.05) is 31.1 Å². The zero-order valence-corrected chi connectivity index (χ0v) is 11.0. The Labute approximate surface area is 102 Å². The molecule has 0 aromatic heterocycles. The minimum Gasteiger partial charge on any atom is -0.337 e. The van der Waals surface area contributed by atoms with Crippen molar-refractivity contribution in [1.29, 1.82) is 0 Å². The summed E-state index contributed by atoms with van der Waals surface area (Å²) in [5.74, 6) is -0.0371. The van der Waals surface area contributed by atoms with Gasteiger partial charge in [-0.15, -0.1) is 0 Å². The van der Waals surface area contributed by atoms with Crippen LogP contribution in [0.25, 0.3) is 0 Å². The van der Waals surface area contributed by atoms with Crippen LogP contribution in [0.5, 0.6) is 0 Å². The molecule has 98 valence electrons. The molecule has 2 aliphatic rings. The van der Waals surface area contributed by atoms with Crippen molar-refractivity contribution in [1.82, 2.24) is 10.2 Å². The highest BCUT2D eigenvalue weighted by Gasteiger charge is 2.38. The first-order valence-electron chi connectivity index (χ1n) is 6.25. The van der Waals surface area contributed by atoms with E-state index in [0.717, 1.165) is 26.1 Å². The van der Waals surface area contributed by atoms with E-state index >= 15 is 0 Å². The van der Waals surface area contributed by atoms with Gasteiger partial charge in [-0.05, 0) is 12.8 Å². The van der Waals surface area contributed by atoms with Crippen molar-refractivity contribution in [2.24, 2.45) is 5.92 Å². The highest BCUT2D eigenvalue weighted by molar-refractivity contribution is 7.91. The van der Waals surface area contributed by atoms with E-state index in [1.807, 2.05) is 11.8 Å². The third-order valence-electron chi connectivity index (χ3n) is 3.53. The Morgan fingerprint density at radius 3 is 2.53 bits per heavy atom. The van der Waals surface area contributed by atoms with Crippen LogP contribution in [0.15, 0.2) is 0 Å². The Morgan fingerprint density at radius 2 is 2.12 bits per heavy atom. The van der Waals surface area contributed by atoms with E-state index in [9.17, 15) is 13.2 Å². The summed E-state index contributed by atoms with van der Waals surface area (Å²) in [5, 5.41) is 3.15. The fourth-order valence-electron chi connectivity index (χ4n) is 2.43. The second-order valence-electron chi connectivity index (χ2n) is 4.94. The van der Waals surface area contributed by atoms with Gasteiger partial charge in [-0.1, -0.05) is 6.92 Å². The van der Waals surface area contributed by atoms with Crippen LogP contribution >= 0.6 is 0 Å². The fourth-order valence-corrected chi connectivity index (χ4v) is 4.16. The summed E-state index contributed by atoms with van der Waals surface area (Å²) in [6.07, 6.45) is 1.42. The quantitative estimate of drug-likeness (QED) is 0.749. The summed E-state index contributed by atoms with van der Waals surface area (Å²) in [5.41, 5.74) is 0. The number of rotatable bonds is 4. The van der Waals surface area contributed by atoms with Gasteiger partial charge in [0.15, 0.2) is 9.84 Å². The average Bonchev–Trinajstić information content (AvgIpc) is 2.54. The molecule has 2 rings (SSSR count). The summed E-state index contributed by atoms with van der Waals surface area (Å²) in [4.78, 5) is 14.2. The van der Waals surface area contributed by atoms with Gasteiger partial charge in [0.05, 0.1) is 23.5 Å². The lowest BCUT2D eigenvalue weighted by molar-refractivity contribution is -0.138. The van der Waals surface area contributed by atoms with Crippen LogP contribution in [-0.2, 0) is 14.6 Å². The molecule has 17 heavy (non-hydrogen) atoms. The molecule has 1 amide bonds. The molecule has 1 N–H and O–H groups in total. The number of carbonyl (C=O) groups excluding carboxylic acids is 1. The molecule has 2 saturated heterocycles. The third kappa shape index (κ3) is 2.80. The van der Waals surface area contributed by atoms with E-state index < -0.39 is 9.84 Å². The highest BCUT2D eigenvalue weighted by Crippen LogP contribution is 2.22. The first-order valence-corrected chi connectivity index (χ1v) is 8.07. The third-order valence-corrected chi connectivity index (χ3v) is 5.30. The summed E-state index contributed by atoms with van der Waals surface area (Å²) in [6, 6.07) is 0.269. The molecule has 0 aromatic rings. The van der Waals surface area contributed by atoms with Crippen LogP contribution in [0.1, 0.15) is 19.8 Å². The van der Waals surface area contributed by atoms with Crippen molar-refractivity contribution in [3.8, 4) is 0 Å². The number of hydrogen-bond donors (Lipinski definition) is 1. The minimum atomic E-state index is -2.97. The van der Waals surface area contributed by atoms with E-state index in [2.05, 4.69) is 5.32 Å². The van der Waals surface area contributed by atoms with E-state index in [4.69, 9.17) is 0 Å². The number of amides is 1. The van der Waals surface area contributed by atoms with Crippen molar-refractivity contribution < 1.29 is 13.2 Å². The maximum absolute atomic E-state index is 12.3. The Morgan fingerprint density at radius 1 is 1.41 bits per heavy atom. The van der Waals surface area contributed by atoms with Crippen LogP contribution in [0.2, 0.25) is 0 Å². The molecule has 0 spiro atoms. The van der Waals surface area contributed by atoms with E-state index in [-0.39, 0.29) is 29.4 Å². The Bertz CT molecular complexity index is 390. The number of carbonyl (C=O) groups is 1. The topological polar surface area (TPSA) is 66.5 Å². The molecule has 0 radical (unpaired) electrons. The second-order valence-corrected chi connectivity index (χ2v) is 7.17. The molecule has 0 aromatic carbocycles. The lowest BCUT2D eigenvalue weighted by atomic mass is 10.0. The highest BCUT2D eigenvalue weighted by atomic mass is 32.2. The van der Waals surface area contributed by atoms with E-state index in [1.54, 1.807) is 0 Å². The second kappa shape index (κ2) is 4.94. The maximum atomic E-state index is 12.3. The molecular weight excluding hydrogens is 240 g/mol. The number of nitrogens with one attached hydrogen (secondary N) is 1. The Kier molecular flexibility index (Phi) is 3.73. The van der Waals surface area contributed by atoms with Gasteiger partial charge in [0.1, 0.15) is 0 Å². The summed E-state index contributed by atoms with van der Waals surface area (Å²) < 4.78 is 22.8. The SMILES string of the molecule is CCCN(C(=O)C1CCS(=O)(=O)C1)C1CNC1. The first kappa shape index (κ1) is 12.8. The van der Waals surface area contributed by atoms with Crippen LogP contribution in [0.3, 0.4) is 0 Å². The lowest BCUT2D eigenvalue weighted by Gasteiger charge is -2.39. The van der Waals surface area contributed by atoms with Gasteiger partial charge in [-0.2, -0.15) is 0 Å². The summed E-state index contributed by atoms with van der Waals surface area (Å²) in [7, 11) is -2.97. The van der Waals surface area contributed by atoms with Crippen molar-refractivity contribution in [2.45, 2.75) is 25.8 Å².